The van der Waals surface area contributed by atoms with Crippen molar-refractivity contribution in [2.75, 3.05) is 5.32 Å². The Bertz CT molecular complexity index is 682. The molecule has 22 heavy (non-hydrogen) atoms. The number of carboxylic acids is 1. The number of carboxylic acid groups (broad SMARTS) is 1. The summed E-state index contributed by atoms with van der Waals surface area (Å²) in [5.74, 6) is -1.97. The first-order valence-corrected chi connectivity index (χ1v) is 6.72. The molecule has 2 rings (SSSR count). The largest absolute Gasteiger partial charge is 0.476 e. The zero-order valence-corrected chi connectivity index (χ0v) is 11.9. The van der Waals surface area contributed by atoms with Crippen molar-refractivity contribution in [1.29, 1.82) is 0 Å². The fourth-order valence-electron chi connectivity index (χ4n) is 1.98. The van der Waals surface area contributed by atoms with Crippen LogP contribution in [0.5, 0.6) is 0 Å². The van der Waals surface area contributed by atoms with Crippen LogP contribution in [0.25, 0.3) is 0 Å². The molecule has 7 nitrogen and oxygen atoms in total. The van der Waals surface area contributed by atoms with Crippen molar-refractivity contribution in [3.63, 3.8) is 0 Å². The molecular formula is C14H15FN4O3. The Hall–Kier alpha value is -2.77. The summed E-state index contributed by atoms with van der Waals surface area (Å²) in [5, 5.41) is 18.9. The summed E-state index contributed by atoms with van der Waals surface area (Å²) < 4.78 is 14.1. The van der Waals surface area contributed by atoms with Crippen molar-refractivity contribution in [3.05, 3.63) is 41.5 Å². The molecule has 1 aromatic heterocycles. The number of aromatic nitrogens is 3. The van der Waals surface area contributed by atoms with Gasteiger partial charge in [-0.1, -0.05) is 18.6 Å². The zero-order chi connectivity index (χ0) is 16.1. The quantitative estimate of drug-likeness (QED) is 0.846. The second kappa shape index (κ2) is 6.79. The molecule has 8 heteroatoms. The number of hydrogen-bond donors (Lipinski definition) is 2. The van der Waals surface area contributed by atoms with E-state index < -0.39 is 17.7 Å². The highest BCUT2D eigenvalue weighted by atomic mass is 19.1. The molecule has 1 amide bonds. The van der Waals surface area contributed by atoms with E-state index in [1.165, 1.54) is 28.9 Å². The molecule has 1 aromatic carbocycles. The fourth-order valence-corrected chi connectivity index (χ4v) is 1.98. The molecule has 0 unspecified atom stereocenters. The van der Waals surface area contributed by atoms with Crippen LogP contribution < -0.4 is 5.32 Å². The van der Waals surface area contributed by atoms with Gasteiger partial charge in [0, 0.05) is 5.69 Å². The summed E-state index contributed by atoms with van der Waals surface area (Å²) in [7, 11) is 0. The van der Waals surface area contributed by atoms with E-state index >= 15 is 0 Å². The van der Waals surface area contributed by atoms with Gasteiger partial charge in [-0.05, 0) is 30.7 Å². The summed E-state index contributed by atoms with van der Waals surface area (Å²) in [5.41, 5.74) is 0.711. The lowest BCUT2D eigenvalue weighted by Crippen LogP contribution is -2.21. The van der Waals surface area contributed by atoms with E-state index in [0.29, 0.717) is 24.2 Å². The average molecular weight is 306 g/mol. The Morgan fingerprint density at radius 1 is 1.32 bits per heavy atom. The number of aromatic carboxylic acids is 1. The third-order valence-corrected chi connectivity index (χ3v) is 2.95. The first-order chi connectivity index (χ1) is 10.5. The minimum absolute atomic E-state index is 0.142. The van der Waals surface area contributed by atoms with Gasteiger partial charge in [0.1, 0.15) is 12.4 Å². The molecule has 0 aliphatic carbocycles. The Labute approximate surface area is 125 Å². The average Bonchev–Trinajstić information content (AvgIpc) is 2.85. The number of hydrogen-bond acceptors (Lipinski definition) is 4. The monoisotopic (exact) mass is 306 g/mol. The topological polar surface area (TPSA) is 97.1 Å². The van der Waals surface area contributed by atoms with E-state index in [2.05, 4.69) is 15.6 Å². The molecule has 0 bridgehead atoms. The zero-order valence-electron chi connectivity index (χ0n) is 11.9. The molecule has 116 valence electrons. The lowest BCUT2D eigenvalue weighted by atomic mass is 10.2. The molecule has 0 aliphatic heterocycles. The van der Waals surface area contributed by atoms with Crippen LogP contribution in [0.15, 0.2) is 24.3 Å². The SMILES string of the molecule is CCCc1c(C(=O)O)nnn1CC(=O)Nc1ccc(F)cc1. The summed E-state index contributed by atoms with van der Waals surface area (Å²) in [6.07, 6.45) is 1.16. The number of anilines is 1. The lowest BCUT2D eigenvalue weighted by molar-refractivity contribution is -0.117. The Morgan fingerprint density at radius 3 is 2.59 bits per heavy atom. The highest BCUT2D eigenvalue weighted by molar-refractivity contribution is 5.91. The molecule has 0 radical (unpaired) electrons. The molecule has 0 spiro atoms. The minimum atomic E-state index is -1.17. The van der Waals surface area contributed by atoms with Gasteiger partial charge in [-0.3, -0.25) is 4.79 Å². The normalized spacial score (nSPS) is 10.5. The first kappa shape index (κ1) is 15.6. The second-order valence-corrected chi connectivity index (χ2v) is 4.65. The van der Waals surface area contributed by atoms with E-state index in [4.69, 9.17) is 5.11 Å². The Morgan fingerprint density at radius 2 is 2.00 bits per heavy atom. The molecule has 0 saturated carbocycles. The van der Waals surface area contributed by atoms with Crippen molar-refractivity contribution < 1.29 is 19.1 Å². The highest BCUT2D eigenvalue weighted by Gasteiger charge is 2.19. The van der Waals surface area contributed by atoms with Crippen molar-refractivity contribution in [2.24, 2.45) is 0 Å². The summed E-state index contributed by atoms with van der Waals surface area (Å²) in [6, 6.07) is 5.33. The third kappa shape index (κ3) is 3.66. The number of amides is 1. The van der Waals surface area contributed by atoms with Gasteiger partial charge in [0.2, 0.25) is 5.91 Å². The van der Waals surface area contributed by atoms with Crippen LogP contribution in [0, 0.1) is 5.82 Å². The maximum atomic E-state index is 12.8. The van der Waals surface area contributed by atoms with Crippen molar-refractivity contribution in [1.82, 2.24) is 15.0 Å². The van der Waals surface area contributed by atoms with Crippen molar-refractivity contribution in [3.8, 4) is 0 Å². The van der Waals surface area contributed by atoms with E-state index in [0.717, 1.165) is 0 Å². The van der Waals surface area contributed by atoms with Crippen LogP contribution in [-0.4, -0.2) is 32.0 Å². The maximum absolute atomic E-state index is 12.8. The number of carbonyl (C=O) groups excluding carboxylic acids is 1. The summed E-state index contributed by atoms with van der Waals surface area (Å²) in [4.78, 5) is 23.0. The molecule has 0 fully saturated rings. The minimum Gasteiger partial charge on any atom is -0.476 e. The van der Waals surface area contributed by atoms with Gasteiger partial charge in [0.15, 0.2) is 5.69 Å². The number of halogens is 1. The van der Waals surface area contributed by atoms with Gasteiger partial charge < -0.3 is 10.4 Å². The standard InChI is InChI=1S/C14H15FN4O3/c1-2-3-11-13(14(21)22)17-18-19(11)8-12(20)16-10-6-4-9(15)5-7-10/h4-7H,2-3,8H2,1H3,(H,16,20)(H,21,22). The first-order valence-electron chi connectivity index (χ1n) is 6.72. The number of nitrogens with zero attached hydrogens (tertiary/aromatic N) is 3. The fraction of sp³-hybridized carbons (Fsp3) is 0.286. The third-order valence-electron chi connectivity index (χ3n) is 2.95. The Balaban J connectivity index is 2.11. The smallest absolute Gasteiger partial charge is 0.358 e. The van der Waals surface area contributed by atoms with Gasteiger partial charge in [-0.15, -0.1) is 5.10 Å². The number of benzene rings is 1. The molecule has 0 saturated heterocycles. The van der Waals surface area contributed by atoms with E-state index in [9.17, 15) is 14.0 Å². The predicted octanol–water partition coefficient (Wildman–Crippen LogP) is 1.71. The van der Waals surface area contributed by atoms with Gasteiger partial charge in [0.25, 0.3) is 0 Å². The maximum Gasteiger partial charge on any atom is 0.358 e. The van der Waals surface area contributed by atoms with Crippen molar-refractivity contribution >= 4 is 17.6 Å². The molecule has 0 atom stereocenters. The number of carbonyl (C=O) groups is 2. The van der Waals surface area contributed by atoms with Crippen LogP contribution in [0.3, 0.4) is 0 Å². The van der Waals surface area contributed by atoms with Crippen LogP contribution in [0.4, 0.5) is 10.1 Å². The van der Waals surface area contributed by atoms with E-state index in [1.54, 1.807) is 0 Å². The van der Waals surface area contributed by atoms with Crippen molar-refractivity contribution in [2.45, 2.75) is 26.3 Å². The van der Waals surface area contributed by atoms with Gasteiger partial charge in [-0.2, -0.15) is 0 Å². The van der Waals surface area contributed by atoms with Gasteiger partial charge in [0.05, 0.1) is 5.69 Å². The van der Waals surface area contributed by atoms with Crippen LogP contribution in [-0.2, 0) is 17.8 Å². The number of nitrogens with one attached hydrogen (secondary N) is 1. The molecule has 2 N–H and O–H groups in total. The summed E-state index contributed by atoms with van der Waals surface area (Å²) >= 11 is 0. The van der Waals surface area contributed by atoms with Crippen LogP contribution in [0.2, 0.25) is 0 Å². The van der Waals surface area contributed by atoms with E-state index in [1.807, 2.05) is 6.92 Å². The molecular weight excluding hydrogens is 291 g/mol. The van der Waals surface area contributed by atoms with Gasteiger partial charge >= 0.3 is 5.97 Å². The lowest BCUT2D eigenvalue weighted by Gasteiger charge is -2.07. The molecule has 1 heterocycles. The molecule has 2 aromatic rings. The highest BCUT2D eigenvalue weighted by Crippen LogP contribution is 2.11. The van der Waals surface area contributed by atoms with Crippen LogP contribution in [0.1, 0.15) is 29.5 Å². The Kier molecular flexibility index (Phi) is 4.82. The van der Waals surface area contributed by atoms with Crippen LogP contribution >= 0.6 is 0 Å². The molecule has 0 aliphatic rings. The summed E-state index contributed by atoms with van der Waals surface area (Å²) in [6.45, 7) is 1.73. The number of rotatable bonds is 6. The second-order valence-electron chi connectivity index (χ2n) is 4.65. The van der Waals surface area contributed by atoms with Gasteiger partial charge in [-0.25, -0.2) is 13.9 Å². The van der Waals surface area contributed by atoms with E-state index in [-0.39, 0.29) is 12.2 Å². The predicted molar refractivity (Wildman–Crippen MR) is 76.0 cm³/mol.